The van der Waals surface area contributed by atoms with Gasteiger partial charge in [0.1, 0.15) is 5.78 Å². The predicted octanol–water partition coefficient (Wildman–Crippen LogP) is 0.324. The minimum Gasteiger partial charge on any atom is -0.396 e. The topological polar surface area (TPSA) is 49.3 Å². The summed E-state index contributed by atoms with van der Waals surface area (Å²) in [5.41, 5.74) is 0. The van der Waals surface area contributed by atoms with Crippen LogP contribution in [0.3, 0.4) is 0 Å². The Morgan fingerprint density at radius 2 is 2.09 bits per heavy atom. The number of rotatable bonds is 5. The zero-order valence-electron chi connectivity index (χ0n) is 7.42. The predicted molar refractivity (Wildman–Crippen MR) is 44.4 cm³/mol. The maximum absolute atomic E-state index is 10.9. The van der Waals surface area contributed by atoms with Gasteiger partial charge >= 0.3 is 0 Å². The van der Waals surface area contributed by atoms with E-state index >= 15 is 0 Å². The van der Waals surface area contributed by atoms with Crippen molar-refractivity contribution in [2.24, 2.45) is 0 Å². The molecule has 0 aliphatic rings. The van der Waals surface area contributed by atoms with Crippen molar-refractivity contribution in [3.8, 4) is 0 Å². The van der Waals surface area contributed by atoms with Crippen LogP contribution in [-0.4, -0.2) is 29.6 Å². The van der Waals surface area contributed by atoms with Crippen molar-refractivity contribution in [3.05, 3.63) is 0 Å². The Morgan fingerprint density at radius 3 is 2.36 bits per heavy atom. The number of nitrogens with one attached hydrogen (secondary N) is 1. The van der Waals surface area contributed by atoms with Crippen LogP contribution in [0.1, 0.15) is 27.2 Å². The molecule has 1 atom stereocenters. The van der Waals surface area contributed by atoms with E-state index in [1.54, 1.807) is 0 Å². The molecule has 3 heteroatoms. The summed E-state index contributed by atoms with van der Waals surface area (Å²) in [5.74, 6) is 0.0905. The van der Waals surface area contributed by atoms with Gasteiger partial charge in [0, 0.05) is 12.6 Å². The van der Waals surface area contributed by atoms with E-state index in [1.165, 1.54) is 6.92 Å². The fraction of sp³-hybridized carbons (Fsp3) is 0.875. The van der Waals surface area contributed by atoms with E-state index in [-0.39, 0.29) is 24.5 Å². The van der Waals surface area contributed by atoms with Crippen LogP contribution in [-0.2, 0) is 4.79 Å². The molecule has 0 bridgehead atoms. The van der Waals surface area contributed by atoms with Crippen molar-refractivity contribution < 1.29 is 9.90 Å². The lowest BCUT2D eigenvalue weighted by atomic mass is 10.1. The van der Waals surface area contributed by atoms with E-state index in [0.29, 0.717) is 6.42 Å². The van der Waals surface area contributed by atoms with Gasteiger partial charge < -0.3 is 10.4 Å². The molecule has 0 unspecified atom stereocenters. The molecular formula is C8H17NO2. The zero-order chi connectivity index (χ0) is 8.85. The lowest BCUT2D eigenvalue weighted by Crippen LogP contribution is -2.40. The van der Waals surface area contributed by atoms with Gasteiger partial charge in [-0.15, -0.1) is 0 Å². The molecule has 0 fully saturated rings. The highest BCUT2D eigenvalue weighted by atomic mass is 16.3. The largest absolute Gasteiger partial charge is 0.396 e. The van der Waals surface area contributed by atoms with E-state index in [2.05, 4.69) is 5.32 Å². The molecule has 0 aromatic rings. The third-order valence-electron chi connectivity index (χ3n) is 1.44. The molecule has 0 saturated carbocycles. The van der Waals surface area contributed by atoms with Crippen molar-refractivity contribution in [2.45, 2.75) is 39.3 Å². The molecule has 0 amide bonds. The molecule has 0 aliphatic carbocycles. The SMILES string of the molecule is CC(=O)[C@H](CCO)NC(C)C. The zero-order valence-corrected chi connectivity index (χ0v) is 7.42. The molecule has 0 rings (SSSR count). The molecule has 0 radical (unpaired) electrons. The van der Waals surface area contributed by atoms with Gasteiger partial charge in [-0.2, -0.15) is 0 Å². The number of carbonyl (C=O) groups excluding carboxylic acids is 1. The van der Waals surface area contributed by atoms with Gasteiger partial charge in [-0.05, 0) is 13.3 Å². The van der Waals surface area contributed by atoms with Gasteiger partial charge in [-0.3, -0.25) is 4.79 Å². The van der Waals surface area contributed by atoms with E-state index in [0.717, 1.165) is 0 Å². The van der Waals surface area contributed by atoms with Crippen LogP contribution in [0, 0.1) is 0 Å². The molecule has 0 aromatic carbocycles. The molecule has 0 spiro atoms. The third kappa shape index (κ3) is 4.93. The average molecular weight is 159 g/mol. The van der Waals surface area contributed by atoms with Crippen LogP contribution in [0.5, 0.6) is 0 Å². The Kier molecular flexibility index (Phi) is 5.07. The van der Waals surface area contributed by atoms with Gasteiger partial charge in [0.15, 0.2) is 0 Å². The minimum atomic E-state index is -0.181. The first-order valence-corrected chi connectivity index (χ1v) is 3.95. The van der Waals surface area contributed by atoms with Gasteiger partial charge in [0.2, 0.25) is 0 Å². The van der Waals surface area contributed by atoms with Gasteiger partial charge in [0.05, 0.1) is 6.04 Å². The summed E-state index contributed by atoms with van der Waals surface area (Å²) in [5, 5.41) is 11.7. The molecule has 0 heterocycles. The molecular weight excluding hydrogens is 142 g/mol. The Labute approximate surface area is 67.8 Å². The molecule has 66 valence electrons. The van der Waals surface area contributed by atoms with E-state index in [4.69, 9.17) is 5.11 Å². The molecule has 0 saturated heterocycles. The number of hydrogen-bond acceptors (Lipinski definition) is 3. The summed E-state index contributed by atoms with van der Waals surface area (Å²) < 4.78 is 0. The van der Waals surface area contributed by atoms with Crippen LogP contribution in [0.4, 0.5) is 0 Å². The van der Waals surface area contributed by atoms with Gasteiger partial charge in [0.25, 0.3) is 0 Å². The van der Waals surface area contributed by atoms with E-state index in [1.807, 2.05) is 13.8 Å². The number of aliphatic hydroxyl groups excluding tert-OH is 1. The summed E-state index contributed by atoms with van der Waals surface area (Å²) in [6.07, 6.45) is 0.507. The Bertz CT molecular complexity index is 123. The maximum Gasteiger partial charge on any atom is 0.146 e. The second-order valence-corrected chi connectivity index (χ2v) is 3.00. The normalized spacial score (nSPS) is 13.5. The van der Waals surface area contributed by atoms with E-state index < -0.39 is 0 Å². The summed E-state index contributed by atoms with van der Waals surface area (Å²) in [7, 11) is 0. The number of ketones is 1. The smallest absolute Gasteiger partial charge is 0.146 e. The standard InChI is InChI=1S/C8H17NO2/c1-6(2)9-8(4-5-10)7(3)11/h6,8-10H,4-5H2,1-3H3/t8-/m0/s1. The Morgan fingerprint density at radius 1 is 1.55 bits per heavy atom. The summed E-state index contributed by atoms with van der Waals surface area (Å²) in [6, 6.07) is 0.107. The van der Waals surface area contributed by atoms with Gasteiger partial charge in [-0.25, -0.2) is 0 Å². The summed E-state index contributed by atoms with van der Waals surface area (Å²) in [4.78, 5) is 10.9. The van der Waals surface area contributed by atoms with Crippen LogP contribution in [0.2, 0.25) is 0 Å². The first kappa shape index (κ1) is 10.6. The number of Topliss-reactive ketones (excluding diaryl/α,β-unsaturated/α-hetero) is 1. The fourth-order valence-electron chi connectivity index (χ4n) is 0.935. The summed E-state index contributed by atoms with van der Waals surface area (Å²) >= 11 is 0. The molecule has 0 aromatic heterocycles. The molecule has 3 nitrogen and oxygen atoms in total. The highest BCUT2D eigenvalue weighted by molar-refractivity contribution is 5.81. The van der Waals surface area contributed by atoms with Crippen LogP contribution in [0.25, 0.3) is 0 Å². The van der Waals surface area contributed by atoms with E-state index in [9.17, 15) is 4.79 Å². The highest BCUT2D eigenvalue weighted by Crippen LogP contribution is 1.94. The van der Waals surface area contributed by atoms with Crippen molar-refractivity contribution in [3.63, 3.8) is 0 Å². The quantitative estimate of drug-likeness (QED) is 0.607. The molecule has 0 aliphatic heterocycles. The lowest BCUT2D eigenvalue weighted by molar-refractivity contribution is -0.119. The summed E-state index contributed by atoms with van der Waals surface area (Å²) in [6.45, 7) is 5.56. The first-order chi connectivity index (χ1) is 5.07. The maximum atomic E-state index is 10.9. The van der Waals surface area contributed by atoms with Crippen molar-refractivity contribution >= 4 is 5.78 Å². The Hall–Kier alpha value is -0.410. The van der Waals surface area contributed by atoms with Crippen molar-refractivity contribution in [2.75, 3.05) is 6.61 Å². The second kappa shape index (κ2) is 5.27. The van der Waals surface area contributed by atoms with Crippen LogP contribution in [0.15, 0.2) is 0 Å². The third-order valence-corrected chi connectivity index (χ3v) is 1.44. The highest BCUT2D eigenvalue weighted by Gasteiger charge is 2.13. The second-order valence-electron chi connectivity index (χ2n) is 3.00. The average Bonchev–Trinajstić information content (AvgIpc) is 1.86. The van der Waals surface area contributed by atoms with Crippen LogP contribution >= 0.6 is 0 Å². The number of carbonyl (C=O) groups is 1. The van der Waals surface area contributed by atoms with Crippen molar-refractivity contribution in [1.82, 2.24) is 5.32 Å². The Balaban J connectivity index is 3.79. The minimum absolute atomic E-state index is 0.0595. The lowest BCUT2D eigenvalue weighted by Gasteiger charge is -2.17. The van der Waals surface area contributed by atoms with Crippen molar-refractivity contribution in [1.29, 1.82) is 0 Å². The first-order valence-electron chi connectivity index (χ1n) is 3.95. The fourth-order valence-corrected chi connectivity index (χ4v) is 0.935. The number of aliphatic hydroxyl groups is 1. The monoisotopic (exact) mass is 159 g/mol. The number of hydrogen-bond donors (Lipinski definition) is 2. The van der Waals surface area contributed by atoms with Gasteiger partial charge in [-0.1, -0.05) is 13.8 Å². The molecule has 11 heavy (non-hydrogen) atoms. The molecule has 2 N–H and O–H groups in total. The van der Waals surface area contributed by atoms with Crippen LogP contribution < -0.4 is 5.32 Å².